The molecule has 3 aromatic rings. The molecule has 0 spiro atoms. The Morgan fingerprint density at radius 3 is 2.17 bits per heavy atom. The second-order valence-corrected chi connectivity index (χ2v) is 5.59. The van der Waals surface area contributed by atoms with Gasteiger partial charge >= 0.3 is 5.97 Å². The molecule has 0 saturated heterocycles. The molecule has 0 unspecified atom stereocenters. The van der Waals surface area contributed by atoms with E-state index in [0.29, 0.717) is 16.1 Å². The predicted octanol–water partition coefficient (Wildman–Crippen LogP) is 4.45. The van der Waals surface area contributed by atoms with Crippen molar-refractivity contribution >= 4 is 23.4 Å². The zero-order valence-corrected chi connectivity index (χ0v) is 13.4. The number of ether oxygens (including phenoxy) is 1. The van der Waals surface area contributed by atoms with E-state index in [-0.39, 0.29) is 11.5 Å². The quantitative estimate of drug-likeness (QED) is 0.552. The molecule has 0 aliphatic heterocycles. The Morgan fingerprint density at radius 2 is 1.58 bits per heavy atom. The van der Waals surface area contributed by atoms with Gasteiger partial charge in [0.15, 0.2) is 6.10 Å². The van der Waals surface area contributed by atoms with Crippen LogP contribution in [0.3, 0.4) is 0 Å². The van der Waals surface area contributed by atoms with Crippen LogP contribution in [0.2, 0.25) is 5.02 Å². The lowest BCUT2D eigenvalue weighted by molar-refractivity contribution is 0.0275. The fourth-order valence-corrected chi connectivity index (χ4v) is 2.47. The van der Waals surface area contributed by atoms with Gasteiger partial charge in [-0.3, -0.25) is 4.79 Å². The van der Waals surface area contributed by atoms with Crippen molar-refractivity contribution in [2.24, 2.45) is 0 Å². The van der Waals surface area contributed by atoms with E-state index in [1.165, 1.54) is 12.3 Å². The number of hydrogen-bond acceptors (Lipinski definition) is 3. The molecule has 4 nitrogen and oxygen atoms in total. The summed E-state index contributed by atoms with van der Waals surface area (Å²) in [4.78, 5) is 27.8. The lowest BCUT2D eigenvalue weighted by Gasteiger charge is -2.17. The van der Waals surface area contributed by atoms with Gasteiger partial charge in [-0.25, -0.2) is 4.79 Å². The highest BCUT2D eigenvalue weighted by Crippen LogP contribution is 2.24. The summed E-state index contributed by atoms with van der Waals surface area (Å²) in [5.41, 5.74) is 1.28. The molecule has 5 heteroatoms. The lowest BCUT2D eigenvalue weighted by Crippen LogP contribution is -2.20. The van der Waals surface area contributed by atoms with Crippen LogP contribution in [0.1, 0.15) is 32.5 Å². The van der Waals surface area contributed by atoms with E-state index >= 15 is 0 Å². The minimum Gasteiger partial charge on any atom is -0.444 e. The van der Waals surface area contributed by atoms with Crippen LogP contribution in [0.4, 0.5) is 0 Å². The number of H-pyrrole nitrogens is 1. The summed E-state index contributed by atoms with van der Waals surface area (Å²) in [5, 5.41) is 0.396. The van der Waals surface area contributed by atoms with Gasteiger partial charge in [0, 0.05) is 17.3 Å². The fourth-order valence-electron chi connectivity index (χ4n) is 2.31. The van der Waals surface area contributed by atoms with Gasteiger partial charge in [0.1, 0.15) is 5.69 Å². The van der Waals surface area contributed by atoms with Crippen molar-refractivity contribution < 1.29 is 14.3 Å². The first-order chi connectivity index (χ1) is 11.6. The number of carbonyl (C=O) groups is 2. The summed E-state index contributed by atoms with van der Waals surface area (Å²) in [5.74, 6) is -0.923. The number of esters is 1. The maximum atomic E-state index is 12.8. The van der Waals surface area contributed by atoms with Gasteiger partial charge in [0.25, 0.3) is 0 Å². The van der Waals surface area contributed by atoms with Gasteiger partial charge in [-0.2, -0.15) is 0 Å². The van der Waals surface area contributed by atoms with Gasteiger partial charge < -0.3 is 9.72 Å². The summed E-state index contributed by atoms with van der Waals surface area (Å²) in [6, 6.07) is 19.1. The molecule has 0 bridgehead atoms. The molecule has 0 saturated carbocycles. The highest BCUT2D eigenvalue weighted by atomic mass is 35.5. The molecule has 1 heterocycles. The molecule has 1 N–H and O–H groups in total. The number of Topliss-reactive ketones (excluding diaryl/α,β-unsaturated/α-hetero) is 1. The first-order valence-corrected chi connectivity index (χ1v) is 7.72. The van der Waals surface area contributed by atoms with Gasteiger partial charge in [-0.1, -0.05) is 72.3 Å². The Morgan fingerprint density at radius 1 is 0.958 bits per heavy atom. The molecule has 1 aromatic heterocycles. The summed E-state index contributed by atoms with van der Waals surface area (Å²) in [6.07, 6.45) is 0.456. The number of benzene rings is 2. The zero-order chi connectivity index (χ0) is 16.9. The van der Waals surface area contributed by atoms with E-state index in [1.807, 2.05) is 12.1 Å². The van der Waals surface area contributed by atoms with E-state index in [1.54, 1.807) is 48.5 Å². The lowest BCUT2D eigenvalue weighted by atomic mass is 10.00. The number of ketones is 1. The van der Waals surface area contributed by atoms with E-state index in [2.05, 4.69) is 4.98 Å². The van der Waals surface area contributed by atoms with Gasteiger partial charge in [0.05, 0.1) is 5.02 Å². The number of aromatic nitrogens is 1. The maximum Gasteiger partial charge on any atom is 0.355 e. The smallest absolute Gasteiger partial charge is 0.355 e. The Labute approximate surface area is 144 Å². The number of hydrogen-bond donors (Lipinski definition) is 1. The van der Waals surface area contributed by atoms with Crippen LogP contribution in [-0.2, 0) is 4.74 Å². The van der Waals surface area contributed by atoms with Crippen molar-refractivity contribution in [3.8, 4) is 0 Å². The molecule has 2 aromatic carbocycles. The van der Waals surface area contributed by atoms with Crippen LogP contribution in [0.15, 0.2) is 72.9 Å². The van der Waals surface area contributed by atoms with Crippen molar-refractivity contribution in [3.05, 3.63) is 94.8 Å². The SMILES string of the molecule is O=C(O[C@@H](C(=O)c1ccccc1)c1ccccc1)c1cc(Cl)c[nH]1. The molecule has 0 aliphatic carbocycles. The molecule has 24 heavy (non-hydrogen) atoms. The monoisotopic (exact) mass is 339 g/mol. The average molecular weight is 340 g/mol. The molecule has 3 rings (SSSR count). The van der Waals surface area contributed by atoms with Crippen LogP contribution in [-0.4, -0.2) is 16.7 Å². The van der Waals surface area contributed by atoms with Gasteiger partial charge in [-0.15, -0.1) is 0 Å². The molecule has 0 amide bonds. The molecule has 120 valence electrons. The van der Waals surface area contributed by atoms with Crippen LogP contribution in [0, 0.1) is 0 Å². The van der Waals surface area contributed by atoms with Crippen molar-refractivity contribution in [3.63, 3.8) is 0 Å². The second-order valence-electron chi connectivity index (χ2n) is 5.16. The topological polar surface area (TPSA) is 59.2 Å². The zero-order valence-electron chi connectivity index (χ0n) is 12.6. The van der Waals surface area contributed by atoms with Crippen LogP contribution >= 0.6 is 11.6 Å². The third-order valence-corrected chi connectivity index (χ3v) is 3.71. The first-order valence-electron chi connectivity index (χ1n) is 7.34. The maximum absolute atomic E-state index is 12.8. The highest BCUT2D eigenvalue weighted by Gasteiger charge is 2.27. The van der Waals surface area contributed by atoms with Gasteiger partial charge in [0.2, 0.25) is 5.78 Å². The minimum absolute atomic E-state index is 0.196. The van der Waals surface area contributed by atoms with Crippen molar-refractivity contribution in [2.45, 2.75) is 6.10 Å². The number of carbonyl (C=O) groups excluding carboxylic acids is 2. The highest BCUT2D eigenvalue weighted by molar-refractivity contribution is 6.30. The van der Waals surface area contributed by atoms with Crippen LogP contribution < -0.4 is 0 Å². The Hall–Kier alpha value is -2.85. The Kier molecular flexibility index (Phi) is 4.77. The van der Waals surface area contributed by atoms with Crippen LogP contribution in [0.25, 0.3) is 0 Å². The minimum atomic E-state index is -1.02. The normalized spacial score (nSPS) is 11.7. The number of halogens is 1. The first kappa shape index (κ1) is 16.0. The number of rotatable bonds is 5. The number of aromatic amines is 1. The summed E-state index contributed by atoms with van der Waals surface area (Å²) in [7, 11) is 0. The van der Waals surface area contributed by atoms with E-state index in [0.717, 1.165) is 0 Å². The predicted molar refractivity (Wildman–Crippen MR) is 91.2 cm³/mol. The van der Waals surface area contributed by atoms with Crippen molar-refractivity contribution in [2.75, 3.05) is 0 Å². The fraction of sp³-hybridized carbons (Fsp3) is 0.0526. The standard InChI is InChI=1S/C19H14ClNO3/c20-15-11-16(21-12-15)19(23)24-18(14-9-5-2-6-10-14)17(22)13-7-3-1-4-8-13/h1-12,18,21H/t18-/m1/s1. The molecule has 1 atom stereocenters. The largest absolute Gasteiger partial charge is 0.444 e. The summed E-state index contributed by atoms with van der Waals surface area (Å²) in [6.45, 7) is 0. The van der Waals surface area contributed by atoms with E-state index in [9.17, 15) is 9.59 Å². The molecular weight excluding hydrogens is 326 g/mol. The third kappa shape index (κ3) is 3.55. The van der Waals surface area contributed by atoms with Crippen molar-refractivity contribution in [1.29, 1.82) is 0 Å². The van der Waals surface area contributed by atoms with E-state index < -0.39 is 12.1 Å². The second kappa shape index (κ2) is 7.15. The molecule has 0 fully saturated rings. The van der Waals surface area contributed by atoms with E-state index in [4.69, 9.17) is 16.3 Å². The summed E-state index contributed by atoms with van der Waals surface area (Å²) >= 11 is 5.81. The third-order valence-electron chi connectivity index (χ3n) is 3.49. The average Bonchev–Trinajstić information content (AvgIpc) is 3.07. The Balaban J connectivity index is 1.91. The van der Waals surface area contributed by atoms with Gasteiger partial charge in [-0.05, 0) is 6.07 Å². The van der Waals surface area contributed by atoms with Crippen molar-refractivity contribution in [1.82, 2.24) is 4.98 Å². The molecule has 0 aliphatic rings. The summed E-state index contributed by atoms with van der Waals surface area (Å²) < 4.78 is 5.47. The molecule has 0 radical (unpaired) electrons. The Bertz CT molecular complexity index is 843. The molecular formula is C19H14ClNO3. The van der Waals surface area contributed by atoms with Crippen LogP contribution in [0.5, 0.6) is 0 Å². The number of nitrogens with one attached hydrogen (secondary N) is 1.